The summed E-state index contributed by atoms with van der Waals surface area (Å²) in [5.74, 6) is 1.57. The third-order valence-electron chi connectivity index (χ3n) is 3.85. The molecule has 5 nitrogen and oxygen atoms in total. The van der Waals surface area contributed by atoms with Crippen molar-refractivity contribution >= 4 is 44.9 Å². The van der Waals surface area contributed by atoms with Crippen LogP contribution in [-0.4, -0.2) is 23.7 Å². The number of benzene rings is 2. The summed E-state index contributed by atoms with van der Waals surface area (Å²) in [7, 11) is 0. The molecule has 0 saturated carbocycles. The standard InChI is InChI=1S/C22H27BrN2O3S/c1-14(2)11-12-27-18-8-6-17(7-9-18)24-22(29)25-21(26)19-13-16(23)5-10-20(19)28-15(3)4/h5-10,13-15H,11-12H2,1-4H3,(H2,24,25,26,29). The number of halogens is 1. The molecule has 0 radical (unpaired) electrons. The van der Waals surface area contributed by atoms with E-state index in [9.17, 15) is 4.79 Å². The maximum absolute atomic E-state index is 12.7. The second kappa shape index (κ2) is 11.2. The van der Waals surface area contributed by atoms with Gasteiger partial charge in [-0.1, -0.05) is 29.8 Å². The van der Waals surface area contributed by atoms with Gasteiger partial charge in [0, 0.05) is 10.2 Å². The van der Waals surface area contributed by atoms with Gasteiger partial charge >= 0.3 is 0 Å². The minimum atomic E-state index is -0.340. The van der Waals surface area contributed by atoms with Gasteiger partial charge in [0.05, 0.1) is 18.3 Å². The summed E-state index contributed by atoms with van der Waals surface area (Å²) in [6.07, 6.45) is 0.961. The van der Waals surface area contributed by atoms with E-state index in [1.807, 2.05) is 44.2 Å². The fourth-order valence-corrected chi connectivity index (χ4v) is 2.99. The third kappa shape index (κ3) is 8.03. The van der Waals surface area contributed by atoms with Crippen molar-refractivity contribution in [3.8, 4) is 11.5 Å². The number of hydrogen-bond acceptors (Lipinski definition) is 4. The van der Waals surface area contributed by atoms with Gasteiger partial charge in [-0.25, -0.2) is 0 Å². The van der Waals surface area contributed by atoms with E-state index in [2.05, 4.69) is 40.4 Å². The van der Waals surface area contributed by atoms with Crippen molar-refractivity contribution in [2.45, 2.75) is 40.2 Å². The second-order valence-corrected chi connectivity index (χ2v) is 8.59. The van der Waals surface area contributed by atoms with Gasteiger partial charge in [0.1, 0.15) is 11.5 Å². The molecule has 0 saturated heterocycles. The highest BCUT2D eigenvalue weighted by Gasteiger charge is 2.16. The van der Waals surface area contributed by atoms with Crippen LogP contribution in [0.5, 0.6) is 11.5 Å². The predicted octanol–water partition coefficient (Wildman–Crippen LogP) is 5.79. The van der Waals surface area contributed by atoms with E-state index in [1.165, 1.54) is 0 Å². The van der Waals surface area contributed by atoms with Gasteiger partial charge in [0.2, 0.25) is 0 Å². The molecular weight excluding hydrogens is 452 g/mol. The third-order valence-corrected chi connectivity index (χ3v) is 4.55. The molecule has 2 N–H and O–H groups in total. The van der Waals surface area contributed by atoms with Crippen molar-refractivity contribution in [1.29, 1.82) is 0 Å². The van der Waals surface area contributed by atoms with Gasteiger partial charge in [0.25, 0.3) is 5.91 Å². The Bertz CT molecular complexity index is 838. The Kier molecular flexibility index (Phi) is 8.92. The Morgan fingerprint density at radius 3 is 2.41 bits per heavy atom. The van der Waals surface area contributed by atoms with Crippen molar-refractivity contribution in [1.82, 2.24) is 5.32 Å². The number of thiocarbonyl (C=S) groups is 1. The fourth-order valence-electron chi connectivity index (χ4n) is 2.42. The average molecular weight is 479 g/mol. The molecule has 2 aromatic carbocycles. The van der Waals surface area contributed by atoms with Crippen molar-refractivity contribution < 1.29 is 14.3 Å². The van der Waals surface area contributed by atoms with Crippen LogP contribution in [0.4, 0.5) is 5.69 Å². The van der Waals surface area contributed by atoms with Gasteiger partial charge in [-0.2, -0.15) is 0 Å². The van der Waals surface area contributed by atoms with Crippen LogP contribution in [0.2, 0.25) is 0 Å². The zero-order chi connectivity index (χ0) is 21.4. The van der Waals surface area contributed by atoms with Gasteiger partial charge in [-0.05, 0) is 80.9 Å². The lowest BCUT2D eigenvalue weighted by Gasteiger charge is -2.15. The number of anilines is 1. The van der Waals surface area contributed by atoms with E-state index in [0.29, 0.717) is 23.8 Å². The lowest BCUT2D eigenvalue weighted by Crippen LogP contribution is -2.34. The summed E-state index contributed by atoms with van der Waals surface area (Å²) in [5, 5.41) is 5.91. The Balaban J connectivity index is 1.95. The molecule has 7 heteroatoms. The van der Waals surface area contributed by atoms with Crippen molar-refractivity contribution in [3.63, 3.8) is 0 Å². The molecule has 0 aliphatic rings. The van der Waals surface area contributed by atoms with Crippen LogP contribution >= 0.6 is 28.1 Å². The molecule has 2 rings (SSSR count). The van der Waals surface area contributed by atoms with E-state index in [1.54, 1.807) is 12.1 Å². The Labute approximate surface area is 186 Å². The molecule has 0 aromatic heterocycles. The largest absolute Gasteiger partial charge is 0.494 e. The van der Waals surface area contributed by atoms with Crippen LogP contribution in [0.1, 0.15) is 44.5 Å². The number of nitrogens with one attached hydrogen (secondary N) is 2. The minimum Gasteiger partial charge on any atom is -0.494 e. The zero-order valence-electron chi connectivity index (χ0n) is 17.1. The lowest BCUT2D eigenvalue weighted by molar-refractivity contribution is 0.0972. The number of amides is 1. The molecule has 0 spiro atoms. The maximum atomic E-state index is 12.7. The first kappa shape index (κ1) is 23.2. The summed E-state index contributed by atoms with van der Waals surface area (Å²) < 4.78 is 12.2. The molecule has 1 amide bonds. The highest BCUT2D eigenvalue weighted by molar-refractivity contribution is 9.10. The number of carbonyl (C=O) groups is 1. The van der Waals surface area contributed by atoms with Crippen molar-refractivity contribution in [2.75, 3.05) is 11.9 Å². The smallest absolute Gasteiger partial charge is 0.261 e. The Morgan fingerprint density at radius 2 is 1.79 bits per heavy atom. The van der Waals surface area contributed by atoms with E-state index >= 15 is 0 Å². The van der Waals surface area contributed by atoms with E-state index in [0.717, 1.165) is 22.3 Å². The molecule has 0 unspecified atom stereocenters. The molecule has 0 bridgehead atoms. The highest BCUT2D eigenvalue weighted by Crippen LogP contribution is 2.24. The first-order valence-electron chi connectivity index (χ1n) is 9.56. The number of hydrogen-bond donors (Lipinski definition) is 2. The molecule has 0 aliphatic heterocycles. The average Bonchev–Trinajstić information content (AvgIpc) is 2.64. The van der Waals surface area contributed by atoms with E-state index in [4.69, 9.17) is 21.7 Å². The zero-order valence-corrected chi connectivity index (χ0v) is 19.5. The maximum Gasteiger partial charge on any atom is 0.261 e. The van der Waals surface area contributed by atoms with Crippen LogP contribution in [0.15, 0.2) is 46.9 Å². The molecule has 0 heterocycles. The van der Waals surface area contributed by atoms with Crippen molar-refractivity contribution in [2.24, 2.45) is 5.92 Å². The van der Waals surface area contributed by atoms with Crippen LogP contribution in [0, 0.1) is 5.92 Å². The van der Waals surface area contributed by atoms with E-state index in [-0.39, 0.29) is 17.1 Å². The fraction of sp³-hybridized carbons (Fsp3) is 0.364. The number of ether oxygens (including phenoxy) is 2. The van der Waals surface area contributed by atoms with Crippen LogP contribution in [0.25, 0.3) is 0 Å². The molecule has 156 valence electrons. The molecule has 0 aliphatic carbocycles. The topological polar surface area (TPSA) is 59.6 Å². The van der Waals surface area contributed by atoms with Crippen LogP contribution < -0.4 is 20.1 Å². The first-order valence-corrected chi connectivity index (χ1v) is 10.8. The number of rotatable bonds is 8. The molecule has 2 aromatic rings. The lowest BCUT2D eigenvalue weighted by atomic mass is 10.1. The normalized spacial score (nSPS) is 10.7. The van der Waals surface area contributed by atoms with Gasteiger partial charge in [0.15, 0.2) is 5.11 Å². The second-order valence-electron chi connectivity index (χ2n) is 7.27. The number of carbonyl (C=O) groups excluding carboxylic acids is 1. The van der Waals surface area contributed by atoms with Crippen LogP contribution in [-0.2, 0) is 0 Å². The first-order chi connectivity index (χ1) is 13.7. The predicted molar refractivity (Wildman–Crippen MR) is 125 cm³/mol. The molecular formula is C22H27BrN2O3S. The van der Waals surface area contributed by atoms with Crippen LogP contribution in [0.3, 0.4) is 0 Å². The van der Waals surface area contributed by atoms with Gasteiger partial charge < -0.3 is 14.8 Å². The highest BCUT2D eigenvalue weighted by atomic mass is 79.9. The van der Waals surface area contributed by atoms with Gasteiger partial charge in [-0.15, -0.1) is 0 Å². The summed E-state index contributed by atoms with van der Waals surface area (Å²) in [4.78, 5) is 12.7. The Hall–Kier alpha value is -2.12. The quantitative estimate of drug-likeness (QED) is 0.470. The summed E-state index contributed by atoms with van der Waals surface area (Å²) in [6, 6.07) is 12.7. The van der Waals surface area contributed by atoms with Crippen molar-refractivity contribution in [3.05, 3.63) is 52.5 Å². The Morgan fingerprint density at radius 1 is 1.10 bits per heavy atom. The molecule has 0 atom stereocenters. The SMILES string of the molecule is CC(C)CCOc1ccc(NC(=S)NC(=O)c2cc(Br)ccc2OC(C)C)cc1. The monoisotopic (exact) mass is 478 g/mol. The summed E-state index contributed by atoms with van der Waals surface area (Å²) in [6.45, 7) is 8.83. The minimum absolute atomic E-state index is 0.0472. The summed E-state index contributed by atoms with van der Waals surface area (Å²) >= 11 is 8.67. The molecule has 0 fully saturated rings. The van der Waals surface area contributed by atoms with E-state index < -0.39 is 0 Å². The summed E-state index contributed by atoms with van der Waals surface area (Å²) in [5.41, 5.74) is 1.17. The molecule has 29 heavy (non-hydrogen) atoms. The van der Waals surface area contributed by atoms with Gasteiger partial charge in [-0.3, -0.25) is 10.1 Å².